The maximum Gasteiger partial charge on any atom is 0.263 e. The van der Waals surface area contributed by atoms with Gasteiger partial charge in [-0.3, -0.25) is 4.90 Å². The topological polar surface area (TPSA) is 15.3 Å². The normalized spacial score (nSPS) is 23.5. The molecule has 1 aromatic rings. The minimum Gasteiger partial charge on any atom is -0.315 e. The Morgan fingerprint density at radius 2 is 1.84 bits per heavy atom. The summed E-state index contributed by atoms with van der Waals surface area (Å²) in [7, 11) is 0. The van der Waals surface area contributed by atoms with E-state index in [0.717, 1.165) is 25.2 Å². The van der Waals surface area contributed by atoms with Gasteiger partial charge in [0.15, 0.2) is 0 Å². The van der Waals surface area contributed by atoms with E-state index in [4.69, 9.17) is 0 Å². The van der Waals surface area contributed by atoms with Crippen molar-refractivity contribution in [3.05, 3.63) is 35.4 Å². The fraction of sp³-hybridized carbons (Fsp3) is 0.600. The Labute approximate surface area is 112 Å². The second-order valence-corrected chi connectivity index (χ2v) is 5.59. The van der Waals surface area contributed by atoms with Crippen LogP contribution in [0.25, 0.3) is 0 Å². The molecule has 0 amide bonds. The van der Waals surface area contributed by atoms with E-state index < -0.39 is 6.43 Å². The highest BCUT2D eigenvalue weighted by Crippen LogP contribution is 2.32. The Morgan fingerprint density at radius 1 is 1.11 bits per heavy atom. The second-order valence-electron chi connectivity index (χ2n) is 5.59. The molecule has 1 saturated carbocycles. The molecule has 0 radical (unpaired) electrons. The Hall–Kier alpha value is -1.00. The van der Waals surface area contributed by atoms with Crippen LogP contribution in [0, 0.1) is 0 Å². The number of hydrogen-bond acceptors (Lipinski definition) is 2. The second kappa shape index (κ2) is 5.55. The van der Waals surface area contributed by atoms with Gasteiger partial charge in [0.05, 0.1) is 0 Å². The molecule has 1 unspecified atom stereocenters. The van der Waals surface area contributed by atoms with E-state index in [9.17, 15) is 8.78 Å². The van der Waals surface area contributed by atoms with Crippen molar-refractivity contribution < 1.29 is 8.78 Å². The zero-order valence-corrected chi connectivity index (χ0v) is 11.0. The van der Waals surface area contributed by atoms with Crippen molar-refractivity contribution in [1.82, 2.24) is 10.2 Å². The summed E-state index contributed by atoms with van der Waals surface area (Å²) >= 11 is 0. The number of halogens is 2. The lowest BCUT2D eigenvalue weighted by molar-refractivity contribution is 0.151. The molecule has 3 rings (SSSR count). The summed E-state index contributed by atoms with van der Waals surface area (Å²) in [6, 6.07) is 8.12. The van der Waals surface area contributed by atoms with Crippen LogP contribution in [0.3, 0.4) is 0 Å². The van der Waals surface area contributed by atoms with Gasteiger partial charge >= 0.3 is 0 Å². The van der Waals surface area contributed by atoms with Crippen LogP contribution >= 0.6 is 0 Å². The first-order chi connectivity index (χ1) is 9.24. The standard InChI is InChI=1S/C15H20F2N2/c16-15(17)12-3-1-11(2-4-12)10-19(13-5-6-13)14-7-8-18-9-14/h1-4,13-15,18H,5-10H2. The highest BCUT2D eigenvalue weighted by Gasteiger charge is 2.34. The Bertz CT molecular complexity index is 409. The highest BCUT2D eigenvalue weighted by atomic mass is 19.3. The lowest BCUT2D eigenvalue weighted by atomic mass is 10.1. The van der Waals surface area contributed by atoms with Gasteiger partial charge in [0.2, 0.25) is 0 Å². The smallest absolute Gasteiger partial charge is 0.263 e. The average Bonchev–Trinajstić information content (AvgIpc) is 3.11. The van der Waals surface area contributed by atoms with Crippen LogP contribution in [0.1, 0.15) is 36.8 Å². The zero-order chi connectivity index (χ0) is 13.2. The van der Waals surface area contributed by atoms with E-state index >= 15 is 0 Å². The maximum absolute atomic E-state index is 12.5. The third-order valence-electron chi connectivity index (χ3n) is 4.12. The van der Waals surface area contributed by atoms with Crippen molar-refractivity contribution in [3.63, 3.8) is 0 Å². The molecule has 4 heteroatoms. The van der Waals surface area contributed by atoms with Crippen molar-refractivity contribution in [2.24, 2.45) is 0 Å². The summed E-state index contributed by atoms with van der Waals surface area (Å²) in [5, 5.41) is 3.40. The number of benzene rings is 1. The third-order valence-corrected chi connectivity index (χ3v) is 4.12. The van der Waals surface area contributed by atoms with Crippen LogP contribution in [0.5, 0.6) is 0 Å². The molecule has 2 nitrogen and oxygen atoms in total. The summed E-state index contributed by atoms with van der Waals surface area (Å²) in [5.41, 5.74) is 1.26. The zero-order valence-electron chi connectivity index (χ0n) is 11.0. The molecule has 1 atom stereocenters. The van der Waals surface area contributed by atoms with Crippen molar-refractivity contribution in [2.75, 3.05) is 13.1 Å². The summed E-state index contributed by atoms with van der Waals surface area (Å²) in [4.78, 5) is 2.55. The molecule has 1 aromatic carbocycles. The van der Waals surface area contributed by atoms with Crippen molar-refractivity contribution in [1.29, 1.82) is 0 Å². The molecule has 1 heterocycles. The third kappa shape index (κ3) is 3.12. The van der Waals surface area contributed by atoms with Crippen LogP contribution in [0.2, 0.25) is 0 Å². The molecular formula is C15H20F2N2. The number of rotatable bonds is 5. The predicted octanol–water partition coefficient (Wildman–Crippen LogP) is 2.95. The summed E-state index contributed by atoms with van der Waals surface area (Å²) < 4.78 is 25.1. The minimum atomic E-state index is -2.37. The van der Waals surface area contributed by atoms with E-state index in [1.54, 1.807) is 12.1 Å². The van der Waals surface area contributed by atoms with Crippen molar-refractivity contribution >= 4 is 0 Å². The van der Waals surface area contributed by atoms with Crippen molar-refractivity contribution in [2.45, 2.75) is 44.3 Å². The molecule has 2 aliphatic rings. The SMILES string of the molecule is FC(F)c1ccc(CN(C2CC2)C2CCNC2)cc1. The van der Waals surface area contributed by atoms with Crippen LogP contribution in [0.15, 0.2) is 24.3 Å². The molecule has 1 saturated heterocycles. The molecule has 1 N–H and O–H groups in total. The minimum absolute atomic E-state index is 0.115. The van der Waals surface area contributed by atoms with Crippen molar-refractivity contribution in [3.8, 4) is 0 Å². The average molecular weight is 266 g/mol. The molecule has 0 aromatic heterocycles. The summed E-state index contributed by atoms with van der Waals surface area (Å²) in [6.07, 6.45) is 1.40. The highest BCUT2D eigenvalue weighted by molar-refractivity contribution is 5.23. The van der Waals surface area contributed by atoms with Gasteiger partial charge < -0.3 is 5.32 Å². The van der Waals surface area contributed by atoms with Crippen LogP contribution in [-0.4, -0.2) is 30.1 Å². The monoisotopic (exact) mass is 266 g/mol. The molecule has 1 aliphatic heterocycles. The lowest BCUT2D eigenvalue weighted by Gasteiger charge is -2.28. The maximum atomic E-state index is 12.5. The Kier molecular flexibility index (Phi) is 3.80. The number of nitrogens with zero attached hydrogens (tertiary/aromatic N) is 1. The Balaban J connectivity index is 1.67. The number of hydrogen-bond donors (Lipinski definition) is 1. The van der Waals surface area contributed by atoms with Crippen LogP contribution in [-0.2, 0) is 6.54 Å². The van der Waals surface area contributed by atoms with E-state index in [2.05, 4.69) is 10.2 Å². The molecule has 104 valence electrons. The van der Waals surface area contributed by atoms with E-state index in [1.807, 2.05) is 12.1 Å². The van der Waals surface area contributed by atoms with Gasteiger partial charge in [0.25, 0.3) is 6.43 Å². The van der Waals surface area contributed by atoms with Gasteiger partial charge in [-0.25, -0.2) is 8.78 Å². The quantitative estimate of drug-likeness (QED) is 0.881. The van der Waals surface area contributed by atoms with Gasteiger partial charge in [-0.2, -0.15) is 0 Å². The fourth-order valence-corrected chi connectivity index (χ4v) is 2.86. The predicted molar refractivity (Wildman–Crippen MR) is 71.2 cm³/mol. The molecule has 2 fully saturated rings. The number of alkyl halides is 2. The van der Waals surface area contributed by atoms with Gasteiger partial charge in [0, 0.05) is 30.7 Å². The summed E-state index contributed by atoms with van der Waals surface area (Å²) in [5.74, 6) is 0. The first kappa shape index (κ1) is 13.0. The van der Waals surface area contributed by atoms with Gasteiger partial charge in [0.1, 0.15) is 0 Å². The first-order valence-corrected chi connectivity index (χ1v) is 7.07. The van der Waals surface area contributed by atoms with Crippen LogP contribution in [0.4, 0.5) is 8.78 Å². The fourth-order valence-electron chi connectivity index (χ4n) is 2.86. The Morgan fingerprint density at radius 3 is 2.37 bits per heavy atom. The number of nitrogens with one attached hydrogen (secondary N) is 1. The van der Waals surface area contributed by atoms with Gasteiger partial charge in [-0.05, 0) is 31.4 Å². The molecule has 1 aliphatic carbocycles. The largest absolute Gasteiger partial charge is 0.315 e. The van der Waals surface area contributed by atoms with Gasteiger partial charge in [-0.15, -0.1) is 0 Å². The molecule has 19 heavy (non-hydrogen) atoms. The van der Waals surface area contributed by atoms with E-state index in [0.29, 0.717) is 12.1 Å². The lowest BCUT2D eigenvalue weighted by Crippen LogP contribution is -2.38. The van der Waals surface area contributed by atoms with Crippen LogP contribution < -0.4 is 5.32 Å². The summed E-state index contributed by atoms with van der Waals surface area (Å²) in [6.45, 7) is 3.05. The van der Waals surface area contributed by atoms with E-state index in [-0.39, 0.29) is 5.56 Å². The molecule has 0 spiro atoms. The van der Waals surface area contributed by atoms with Gasteiger partial charge in [-0.1, -0.05) is 24.3 Å². The molecular weight excluding hydrogens is 246 g/mol. The van der Waals surface area contributed by atoms with E-state index in [1.165, 1.54) is 19.3 Å². The first-order valence-electron chi connectivity index (χ1n) is 7.07. The molecule has 0 bridgehead atoms.